The van der Waals surface area contributed by atoms with Crippen LogP contribution in [0.5, 0.6) is 5.75 Å². The van der Waals surface area contributed by atoms with Crippen molar-refractivity contribution in [1.29, 1.82) is 0 Å². The van der Waals surface area contributed by atoms with Gasteiger partial charge in [0, 0.05) is 18.9 Å². The van der Waals surface area contributed by atoms with Gasteiger partial charge in [0.05, 0.1) is 7.11 Å². The van der Waals surface area contributed by atoms with E-state index in [9.17, 15) is 4.79 Å². The lowest BCUT2D eigenvalue weighted by Gasteiger charge is -2.04. The lowest BCUT2D eigenvalue weighted by molar-refractivity contribution is -0.114. The predicted molar refractivity (Wildman–Crippen MR) is 46.0 cm³/mol. The molecule has 0 saturated heterocycles. The van der Waals surface area contributed by atoms with E-state index in [4.69, 9.17) is 11.7 Å². The molecule has 0 aliphatic carbocycles. The Morgan fingerprint density at radius 1 is 1.50 bits per heavy atom. The minimum absolute atomic E-state index is 0.226. The lowest BCUT2D eigenvalue weighted by Crippen LogP contribution is -1.99. The second-order valence-electron chi connectivity index (χ2n) is 2.45. The average Bonchev–Trinajstić information content (AvgIpc) is 2.04. The number of hydrogen-bond acceptors (Lipinski definition) is 2. The van der Waals surface area contributed by atoms with Gasteiger partial charge < -0.3 is 4.74 Å². The van der Waals surface area contributed by atoms with E-state index in [0.717, 1.165) is 5.56 Å². The van der Waals surface area contributed by atoms with Gasteiger partial charge in [-0.05, 0) is 6.07 Å². The van der Waals surface area contributed by atoms with Gasteiger partial charge in [-0.1, -0.05) is 18.2 Å². The number of benzene rings is 1. The van der Waals surface area contributed by atoms with Crippen LogP contribution in [0.3, 0.4) is 0 Å². The summed E-state index contributed by atoms with van der Waals surface area (Å²) in [5.74, 6) is 0.357. The highest BCUT2D eigenvalue weighted by atomic mass is 16.5. The zero-order valence-electron chi connectivity index (χ0n) is 6.91. The number of methoxy groups -OCH3 is 1. The van der Waals surface area contributed by atoms with E-state index in [1.54, 1.807) is 13.2 Å². The first-order valence-electron chi connectivity index (χ1n) is 3.64. The lowest BCUT2D eigenvalue weighted by atomic mass is 10.1. The molecule has 1 aromatic carbocycles. The molecule has 62 valence electrons. The van der Waals surface area contributed by atoms with Gasteiger partial charge in [-0.3, -0.25) is 4.79 Å². The van der Waals surface area contributed by atoms with Crippen LogP contribution in [0.25, 0.3) is 0 Å². The molecular formula is C10H10O2. The molecule has 0 bridgehead atoms. The maximum Gasteiger partial charge on any atom is 0.141 e. The van der Waals surface area contributed by atoms with E-state index in [-0.39, 0.29) is 12.2 Å². The van der Waals surface area contributed by atoms with Crippen LogP contribution in [0.2, 0.25) is 0 Å². The highest BCUT2D eigenvalue weighted by Crippen LogP contribution is 2.17. The molecule has 0 aliphatic rings. The minimum atomic E-state index is -0.348. The fourth-order valence-corrected chi connectivity index (χ4v) is 1.04. The predicted octanol–water partition coefficient (Wildman–Crippen LogP) is 1.52. The van der Waals surface area contributed by atoms with Crippen molar-refractivity contribution in [3.8, 4) is 5.75 Å². The third kappa shape index (κ3) is 2.09. The Morgan fingerprint density at radius 2 is 2.17 bits per heavy atom. The van der Waals surface area contributed by atoms with Crippen LogP contribution in [0, 0.1) is 6.92 Å². The monoisotopic (exact) mass is 162 g/mol. The molecule has 0 fully saturated rings. The third-order valence-corrected chi connectivity index (χ3v) is 1.56. The fourth-order valence-electron chi connectivity index (χ4n) is 1.04. The van der Waals surface area contributed by atoms with Crippen LogP contribution >= 0.6 is 0 Å². The summed E-state index contributed by atoms with van der Waals surface area (Å²) in [7, 11) is 1.57. The van der Waals surface area contributed by atoms with Gasteiger partial charge >= 0.3 is 0 Å². The van der Waals surface area contributed by atoms with Gasteiger partial charge in [0.25, 0.3) is 0 Å². The molecule has 0 spiro atoms. The van der Waals surface area contributed by atoms with Gasteiger partial charge in [0.2, 0.25) is 0 Å². The summed E-state index contributed by atoms with van der Waals surface area (Å²) < 4.78 is 5.04. The first-order valence-corrected chi connectivity index (χ1v) is 3.64. The molecule has 0 N–H and O–H groups in total. The topological polar surface area (TPSA) is 26.3 Å². The number of rotatable bonds is 3. The normalized spacial score (nSPS) is 9.50. The summed E-state index contributed by atoms with van der Waals surface area (Å²) in [4.78, 5) is 10.6. The Hall–Kier alpha value is -1.31. The molecule has 0 heterocycles. The standard InChI is InChI=1S/C10H10O2/c1-8(11)7-9-5-3-4-6-10(9)12-2/h1,3-6H,7H2,2H3. The zero-order valence-corrected chi connectivity index (χ0v) is 6.91. The highest BCUT2D eigenvalue weighted by Gasteiger charge is 2.03. The quantitative estimate of drug-likeness (QED) is 0.673. The van der Waals surface area contributed by atoms with Gasteiger partial charge in [-0.25, -0.2) is 0 Å². The third-order valence-electron chi connectivity index (χ3n) is 1.56. The number of Topliss-reactive ketones (excluding diaryl/α,β-unsaturated/α-hetero) is 1. The summed E-state index contributed by atoms with van der Waals surface area (Å²) in [6.07, 6.45) is 0.226. The average molecular weight is 162 g/mol. The van der Waals surface area contributed by atoms with Crippen molar-refractivity contribution in [2.24, 2.45) is 0 Å². The van der Waals surface area contributed by atoms with Gasteiger partial charge in [0.15, 0.2) is 0 Å². The minimum Gasteiger partial charge on any atom is -0.496 e. The SMILES string of the molecule is [CH]C(=O)Cc1ccccc1OC. The molecule has 0 amide bonds. The largest absolute Gasteiger partial charge is 0.496 e. The second kappa shape index (κ2) is 3.90. The summed E-state index contributed by atoms with van der Waals surface area (Å²) in [6, 6.07) is 7.33. The van der Waals surface area contributed by atoms with Crippen molar-refractivity contribution in [3.63, 3.8) is 0 Å². The van der Waals surface area contributed by atoms with Crippen molar-refractivity contribution in [2.45, 2.75) is 6.42 Å². The van der Waals surface area contributed by atoms with E-state index in [1.165, 1.54) is 0 Å². The molecule has 2 heteroatoms. The van der Waals surface area contributed by atoms with Crippen LogP contribution in [-0.4, -0.2) is 12.9 Å². The summed E-state index contributed by atoms with van der Waals surface area (Å²) in [5, 5.41) is 0. The molecule has 0 unspecified atom stereocenters. The molecule has 0 aromatic heterocycles. The van der Waals surface area contributed by atoms with Crippen molar-refractivity contribution in [1.82, 2.24) is 0 Å². The Morgan fingerprint density at radius 3 is 2.75 bits per heavy atom. The number of ketones is 1. The van der Waals surface area contributed by atoms with Gasteiger partial charge in [0.1, 0.15) is 11.5 Å². The number of para-hydroxylation sites is 1. The van der Waals surface area contributed by atoms with Crippen molar-refractivity contribution < 1.29 is 9.53 Å². The first-order chi connectivity index (χ1) is 5.74. The number of hydrogen-bond donors (Lipinski definition) is 0. The van der Waals surface area contributed by atoms with E-state index in [1.807, 2.05) is 18.2 Å². The Labute approximate surface area is 72.2 Å². The molecule has 0 aliphatic heterocycles. The molecule has 0 atom stereocenters. The van der Waals surface area contributed by atoms with Crippen molar-refractivity contribution >= 4 is 5.78 Å². The van der Waals surface area contributed by atoms with E-state index < -0.39 is 0 Å². The summed E-state index contributed by atoms with van der Waals surface area (Å²) >= 11 is 0. The van der Waals surface area contributed by atoms with E-state index in [0.29, 0.717) is 5.75 Å². The molecule has 2 nitrogen and oxygen atoms in total. The fraction of sp³-hybridized carbons (Fsp3) is 0.200. The summed E-state index contributed by atoms with van der Waals surface area (Å²) in [6.45, 7) is 5.05. The van der Waals surface area contributed by atoms with Gasteiger partial charge in [-0.2, -0.15) is 0 Å². The molecule has 2 radical (unpaired) electrons. The Bertz CT molecular complexity index is 279. The van der Waals surface area contributed by atoms with E-state index in [2.05, 4.69) is 0 Å². The number of ether oxygens (including phenoxy) is 1. The maximum absolute atomic E-state index is 10.6. The Balaban J connectivity index is 2.89. The van der Waals surface area contributed by atoms with Crippen molar-refractivity contribution in [2.75, 3.05) is 7.11 Å². The van der Waals surface area contributed by atoms with Crippen LogP contribution < -0.4 is 4.74 Å². The second-order valence-corrected chi connectivity index (χ2v) is 2.45. The van der Waals surface area contributed by atoms with Crippen LogP contribution in [0.15, 0.2) is 24.3 Å². The molecule has 1 aromatic rings. The maximum atomic E-state index is 10.6. The van der Waals surface area contributed by atoms with E-state index >= 15 is 0 Å². The zero-order chi connectivity index (χ0) is 8.97. The number of carbonyl (C=O) groups is 1. The van der Waals surface area contributed by atoms with Crippen LogP contribution in [0.1, 0.15) is 5.56 Å². The molecule has 0 saturated carbocycles. The molecule has 12 heavy (non-hydrogen) atoms. The highest BCUT2D eigenvalue weighted by molar-refractivity contribution is 5.85. The van der Waals surface area contributed by atoms with Gasteiger partial charge in [-0.15, -0.1) is 0 Å². The van der Waals surface area contributed by atoms with Crippen molar-refractivity contribution in [3.05, 3.63) is 36.8 Å². The summed E-state index contributed by atoms with van der Waals surface area (Å²) in [5.41, 5.74) is 0.826. The first kappa shape index (κ1) is 8.78. The van der Waals surface area contributed by atoms with Crippen LogP contribution in [0.4, 0.5) is 0 Å². The number of carbonyl (C=O) groups excluding carboxylic acids is 1. The smallest absolute Gasteiger partial charge is 0.141 e. The molecular weight excluding hydrogens is 152 g/mol. The Kier molecular flexibility index (Phi) is 2.86. The van der Waals surface area contributed by atoms with Crippen LogP contribution in [-0.2, 0) is 11.2 Å². The molecule has 1 rings (SSSR count).